The predicted octanol–water partition coefficient (Wildman–Crippen LogP) is 2.38. The Morgan fingerprint density at radius 3 is 3.00 bits per heavy atom. The van der Waals surface area contributed by atoms with Gasteiger partial charge in [0.25, 0.3) is 0 Å². The van der Waals surface area contributed by atoms with Gasteiger partial charge in [0.05, 0.1) is 6.61 Å². The van der Waals surface area contributed by atoms with Crippen LogP contribution in [0.1, 0.15) is 25.3 Å². The van der Waals surface area contributed by atoms with E-state index in [1.54, 1.807) is 6.20 Å². The van der Waals surface area contributed by atoms with Crippen molar-refractivity contribution in [2.24, 2.45) is 5.92 Å². The number of benzene rings is 1. The maximum absolute atomic E-state index is 12.1. The van der Waals surface area contributed by atoms with Crippen molar-refractivity contribution in [1.82, 2.24) is 20.4 Å². The summed E-state index contributed by atoms with van der Waals surface area (Å²) in [5.74, 6) is 1.42. The van der Waals surface area contributed by atoms with Crippen molar-refractivity contribution in [3.8, 4) is 5.75 Å². The number of hydrogen-bond acceptors (Lipinski definition) is 3. The lowest BCUT2D eigenvalue weighted by molar-refractivity contribution is 0.230. The Balaban J connectivity index is 1.45. The van der Waals surface area contributed by atoms with E-state index in [0.717, 1.165) is 17.9 Å². The highest BCUT2D eigenvalue weighted by molar-refractivity contribution is 5.74. The molecule has 0 unspecified atom stereocenters. The number of rotatable bonds is 6. The minimum Gasteiger partial charge on any atom is -0.493 e. The van der Waals surface area contributed by atoms with Crippen LogP contribution in [0.15, 0.2) is 42.7 Å². The molecular weight excluding hydrogens is 304 g/mol. The summed E-state index contributed by atoms with van der Waals surface area (Å²) in [6, 6.07) is 9.77. The van der Waals surface area contributed by atoms with Crippen LogP contribution in [0, 0.1) is 5.92 Å². The van der Waals surface area contributed by atoms with E-state index in [1.807, 2.05) is 42.1 Å². The highest BCUT2D eigenvalue weighted by Gasteiger charge is 2.29. The molecule has 0 spiro atoms. The Kier molecular flexibility index (Phi) is 5.03. The van der Waals surface area contributed by atoms with Gasteiger partial charge in [0, 0.05) is 43.0 Å². The topological polar surface area (TPSA) is 68.2 Å². The maximum atomic E-state index is 12.1. The average Bonchev–Trinajstić information content (AvgIpc) is 3.22. The zero-order valence-electron chi connectivity index (χ0n) is 14.1. The second-order valence-electron chi connectivity index (χ2n) is 6.43. The molecule has 1 aromatic carbocycles. The zero-order chi connectivity index (χ0) is 16.9. The molecule has 0 radical (unpaired) electrons. The van der Waals surface area contributed by atoms with Crippen LogP contribution in [-0.2, 0) is 6.54 Å². The molecule has 6 heteroatoms. The van der Waals surface area contributed by atoms with Crippen molar-refractivity contribution in [3.63, 3.8) is 0 Å². The highest BCUT2D eigenvalue weighted by Crippen LogP contribution is 2.35. The second-order valence-corrected chi connectivity index (χ2v) is 6.43. The van der Waals surface area contributed by atoms with Gasteiger partial charge in [-0.1, -0.05) is 25.1 Å². The van der Waals surface area contributed by atoms with E-state index in [0.29, 0.717) is 19.1 Å². The Morgan fingerprint density at radius 2 is 2.21 bits per heavy atom. The molecule has 2 heterocycles. The summed E-state index contributed by atoms with van der Waals surface area (Å²) in [6.45, 7) is 6.11. The number of nitrogens with zero attached hydrogens (tertiary/aromatic N) is 2. The molecule has 1 aliphatic heterocycles. The monoisotopic (exact) mass is 328 g/mol. The van der Waals surface area contributed by atoms with Crippen LogP contribution in [0.4, 0.5) is 4.79 Å². The number of carbonyl (C=O) groups is 1. The van der Waals surface area contributed by atoms with Crippen LogP contribution in [-0.4, -0.2) is 35.0 Å². The molecular formula is C18H24N4O2. The second kappa shape index (κ2) is 7.38. The molecule has 0 saturated heterocycles. The van der Waals surface area contributed by atoms with Crippen LogP contribution in [0.5, 0.6) is 5.75 Å². The SMILES string of the molecule is C[C@H](CNC(=O)N[C@@H](C)[C@H]1COc2ccccc21)Cn1cccn1. The number of para-hydroxylation sites is 1. The summed E-state index contributed by atoms with van der Waals surface area (Å²) in [4.78, 5) is 12.1. The Hall–Kier alpha value is -2.50. The lowest BCUT2D eigenvalue weighted by Gasteiger charge is -2.21. The smallest absolute Gasteiger partial charge is 0.315 e. The Morgan fingerprint density at radius 1 is 1.38 bits per heavy atom. The van der Waals surface area contributed by atoms with Crippen LogP contribution in [0.2, 0.25) is 0 Å². The molecule has 0 bridgehead atoms. The third-order valence-electron chi connectivity index (χ3n) is 4.37. The van der Waals surface area contributed by atoms with Gasteiger partial charge in [-0.2, -0.15) is 5.10 Å². The van der Waals surface area contributed by atoms with Crippen molar-refractivity contribution in [2.45, 2.75) is 32.4 Å². The number of ether oxygens (including phenoxy) is 1. The highest BCUT2D eigenvalue weighted by atomic mass is 16.5. The fraction of sp³-hybridized carbons (Fsp3) is 0.444. The summed E-state index contributed by atoms with van der Waals surface area (Å²) >= 11 is 0. The van der Waals surface area contributed by atoms with Crippen molar-refractivity contribution < 1.29 is 9.53 Å². The third-order valence-corrected chi connectivity index (χ3v) is 4.37. The molecule has 0 fully saturated rings. The fourth-order valence-electron chi connectivity index (χ4n) is 3.02. The van der Waals surface area contributed by atoms with E-state index in [4.69, 9.17) is 4.74 Å². The van der Waals surface area contributed by atoms with Gasteiger partial charge in [-0.3, -0.25) is 4.68 Å². The number of aromatic nitrogens is 2. The average molecular weight is 328 g/mol. The largest absolute Gasteiger partial charge is 0.493 e. The third kappa shape index (κ3) is 3.88. The van der Waals surface area contributed by atoms with Gasteiger partial charge in [-0.25, -0.2) is 4.79 Å². The van der Waals surface area contributed by atoms with Gasteiger partial charge in [0.2, 0.25) is 0 Å². The molecule has 2 aromatic rings. The number of nitrogens with one attached hydrogen (secondary N) is 2. The van der Waals surface area contributed by atoms with Crippen molar-refractivity contribution in [3.05, 3.63) is 48.3 Å². The Bertz CT molecular complexity index is 671. The summed E-state index contributed by atoms with van der Waals surface area (Å²) in [5.41, 5.74) is 1.16. The first-order valence-corrected chi connectivity index (χ1v) is 8.37. The van der Waals surface area contributed by atoms with E-state index in [1.165, 1.54) is 0 Å². The van der Waals surface area contributed by atoms with Crippen molar-refractivity contribution in [2.75, 3.05) is 13.2 Å². The molecule has 6 nitrogen and oxygen atoms in total. The molecule has 1 aromatic heterocycles. The summed E-state index contributed by atoms with van der Waals surface area (Å²) in [5, 5.41) is 10.1. The van der Waals surface area contributed by atoms with Crippen LogP contribution < -0.4 is 15.4 Å². The minimum atomic E-state index is -0.140. The molecule has 1 aliphatic rings. The fourth-order valence-corrected chi connectivity index (χ4v) is 3.02. The first-order valence-electron chi connectivity index (χ1n) is 8.37. The van der Waals surface area contributed by atoms with Gasteiger partial charge >= 0.3 is 6.03 Å². The standard InChI is InChI=1S/C18H24N4O2/c1-13(11-22-9-5-8-20-22)10-19-18(23)21-14(2)16-12-24-17-7-4-3-6-15(16)17/h3-9,13-14,16H,10-12H2,1-2H3,(H2,19,21,23)/t13-,14+,16-/m1/s1. The number of hydrogen-bond donors (Lipinski definition) is 2. The number of fused-ring (bicyclic) bond motifs is 1. The number of carbonyl (C=O) groups excluding carboxylic acids is 1. The quantitative estimate of drug-likeness (QED) is 0.855. The van der Waals surface area contributed by atoms with E-state index in [2.05, 4.69) is 28.7 Å². The van der Waals surface area contributed by atoms with E-state index in [9.17, 15) is 4.79 Å². The maximum Gasteiger partial charge on any atom is 0.315 e. The van der Waals surface area contributed by atoms with Crippen LogP contribution in [0.25, 0.3) is 0 Å². The minimum absolute atomic E-state index is 0.00933. The van der Waals surface area contributed by atoms with E-state index < -0.39 is 0 Å². The van der Waals surface area contributed by atoms with E-state index in [-0.39, 0.29) is 18.0 Å². The molecule has 0 aliphatic carbocycles. The normalized spacial score (nSPS) is 18.3. The summed E-state index contributed by atoms with van der Waals surface area (Å²) in [6.07, 6.45) is 3.69. The van der Waals surface area contributed by atoms with Gasteiger partial charge in [-0.05, 0) is 25.0 Å². The lowest BCUT2D eigenvalue weighted by Crippen LogP contribution is -2.45. The number of amides is 2. The molecule has 24 heavy (non-hydrogen) atoms. The van der Waals surface area contributed by atoms with Crippen LogP contribution >= 0.6 is 0 Å². The van der Waals surface area contributed by atoms with Crippen molar-refractivity contribution >= 4 is 6.03 Å². The van der Waals surface area contributed by atoms with Gasteiger partial charge in [0.15, 0.2) is 0 Å². The lowest BCUT2D eigenvalue weighted by atomic mass is 9.94. The summed E-state index contributed by atoms with van der Waals surface area (Å²) in [7, 11) is 0. The van der Waals surface area contributed by atoms with Crippen molar-refractivity contribution in [1.29, 1.82) is 0 Å². The molecule has 3 rings (SSSR count). The van der Waals surface area contributed by atoms with Crippen LogP contribution in [0.3, 0.4) is 0 Å². The first-order chi connectivity index (χ1) is 11.6. The first kappa shape index (κ1) is 16.4. The molecule has 2 N–H and O–H groups in total. The molecule has 3 atom stereocenters. The van der Waals surface area contributed by atoms with Gasteiger partial charge < -0.3 is 15.4 Å². The zero-order valence-corrected chi connectivity index (χ0v) is 14.1. The van der Waals surface area contributed by atoms with Gasteiger partial charge in [0.1, 0.15) is 5.75 Å². The number of urea groups is 1. The van der Waals surface area contributed by atoms with E-state index >= 15 is 0 Å². The van der Waals surface area contributed by atoms with Gasteiger partial charge in [-0.15, -0.1) is 0 Å². The molecule has 0 saturated carbocycles. The summed E-state index contributed by atoms with van der Waals surface area (Å²) < 4.78 is 7.56. The molecule has 128 valence electrons. The Labute approximate surface area is 142 Å². The predicted molar refractivity (Wildman–Crippen MR) is 92.1 cm³/mol. The molecule has 2 amide bonds.